The lowest BCUT2D eigenvalue weighted by Crippen LogP contribution is -2.65. The third kappa shape index (κ3) is 6.89. The van der Waals surface area contributed by atoms with Gasteiger partial charge in [-0.25, -0.2) is 15.1 Å². The molecule has 4 aliphatic rings. The van der Waals surface area contributed by atoms with Gasteiger partial charge in [-0.3, -0.25) is 14.6 Å². The zero-order valence-corrected chi connectivity index (χ0v) is 24.7. The summed E-state index contributed by atoms with van der Waals surface area (Å²) in [6.07, 6.45) is 6.56. The van der Waals surface area contributed by atoms with E-state index in [1.54, 1.807) is 23.8 Å². The predicted molar refractivity (Wildman–Crippen MR) is 154 cm³/mol. The number of nitro groups is 1. The van der Waals surface area contributed by atoms with Crippen molar-refractivity contribution >= 4 is 24.8 Å². The van der Waals surface area contributed by atoms with Crippen LogP contribution in [0.1, 0.15) is 83.5 Å². The molecule has 1 aromatic heterocycles. The SMILES string of the molecule is CC(C)C[C@H](NC(=O)[C@H](CCCN=C(N)N[N+](=O)[O-])CC(=O)c1cccnc1)B1O[C@@H]2C[C@@H]3C[C@@H](C3(C)C)[C@]2(C)O1. The molecule has 2 heterocycles. The first kappa shape index (κ1) is 30.9. The number of aromatic nitrogens is 1. The van der Waals surface area contributed by atoms with E-state index in [9.17, 15) is 19.7 Å². The summed E-state index contributed by atoms with van der Waals surface area (Å²) in [4.78, 5) is 45.3. The normalized spacial score (nSPS) is 27.9. The maximum absolute atomic E-state index is 13.7. The lowest BCUT2D eigenvalue weighted by molar-refractivity contribution is -0.525. The minimum absolute atomic E-state index is 0.00473. The van der Waals surface area contributed by atoms with Crippen LogP contribution in [-0.2, 0) is 14.1 Å². The summed E-state index contributed by atoms with van der Waals surface area (Å²) in [6.45, 7) is 11.1. The lowest BCUT2D eigenvalue weighted by Gasteiger charge is -2.64. The Morgan fingerprint density at radius 1 is 1.32 bits per heavy atom. The average Bonchev–Trinajstić information content (AvgIpc) is 3.26. The number of hydrazine groups is 1. The first-order chi connectivity index (χ1) is 19.3. The molecule has 12 nitrogen and oxygen atoms in total. The number of hydrogen-bond donors (Lipinski definition) is 3. The summed E-state index contributed by atoms with van der Waals surface area (Å²) in [5.41, 5.74) is 7.55. The van der Waals surface area contributed by atoms with Crippen LogP contribution in [0.15, 0.2) is 29.5 Å². The van der Waals surface area contributed by atoms with Crippen molar-refractivity contribution in [3.05, 3.63) is 40.2 Å². The molecule has 1 aliphatic heterocycles. The van der Waals surface area contributed by atoms with Gasteiger partial charge < -0.3 is 20.4 Å². The van der Waals surface area contributed by atoms with Crippen LogP contribution in [0.4, 0.5) is 0 Å². The molecule has 1 aromatic rings. The van der Waals surface area contributed by atoms with Crippen LogP contribution in [0.25, 0.3) is 0 Å². The number of nitrogens with zero attached hydrogens (tertiary/aromatic N) is 3. The number of rotatable bonds is 13. The van der Waals surface area contributed by atoms with E-state index >= 15 is 0 Å². The Balaban J connectivity index is 1.46. The molecule has 5 rings (SSSR count). The molecule has 3 aliphatic carbocycles. The van der Waals surface area contributed by atoms with Gasteiger partial charge in [-0.1, -0.05) is 33.1 Å². The van der Waals surface area contributed by atoms with Crippen LogP contribution < -0.4 is 16.5 Å². The summed E-state index contributed by atoms with van der Waals surface area (Å²) in [5, 5.41) is 12.9. The first-order valence-electron chi connectivity index (χ1n) is 14.6. The number of nitrogens with one attached hydrogen (secondary N) is 2. The highest BCUT2D eigenvalue weighted by Crippen LogP contribution is 2.65. The van der Waals surface area contributed by atoms with Gasteiger partial charge in [0.15, 0.2) is 10.8 Å². The number of amides is 1. The first-order valence-corrected chi connectivity index (χ1v) is 14.6. The summed E-state index contributed by atoms with van der Waals surface area (Å²) in [7, 11) is -0.571. The van der Waals surface area contributed by atoms with Crippen molar-refractivity contribution in [1.29, 1.82) is 0 Å². The smallest absolute Gasteiger partial charge is 0.404 e. The summed E-state index contributed by atoms with van der Waals surface area (Å²) in [6, 6.07) is 3.36. The largest absolute Gasteiger partial charge is 0.481 e. The number of pyridine rings is 1. The number of aliphatic imine (C=N–C) groups is 1. The average molecular weight is 571 g/mol. The molecule has 41 heavy (non-hydrogen) atoms. The fourth-order valence-electron chi connectivity index (χ4n) is 6.98. The van der Waals surface area contributed by atoms with E-state index in [2.05, 4.69) is 49.9 Å². The highest BCUT2D eigenvalue weighted by molar-refractivity contribution is 6.47. The topological polar surface area (TPSA) is 171 Å². The van der Waals surface area contributed by atoms with Crippen LogP contribution >= 0.6 is 0 Å². The third-order valence-corrected chi connectivity index (χ3v) is 9.34. The molecular formula is C28H43BN6O6. The molecule has 4 N–H and O–H groups in total. The molecule has 2 bridgehead atoms. The van der Waals surface area contributed by atoms with Gasteiger partial charge in [0, 0.05) is 36.8 Å². The monoisotopic (exact) mass is 570 g/mol. The van der Waals surface area contributed by atoms with Gasteiger partial charge in [0.2, 0.25) is 5.91 Å². The molecule has 0 aromatic carbocycles. The van der Waals surface area contributed by atoms with E-state index in [0.717, 1.165) is 12.8 Å². The fourth-order valence-corrected chi connectivity index (χ4v) is 6.98. The second-order valence-electron chi connectivity index (χ2n) is 12.9. The van der Waals surface area contributed by atoms with E-state index in [0.29, 0.717) is 36.7 Å². The highest BCUT2D eigenvalue weighted by Gasteiger charge is 2.68. The van der Waals surface area contributed by atoms with E-state index in [1.807, 2.05) is 0 Å². The second kappa shape index (κ2) is 12.4. The Hall–Kier alpha value is -3.06. The summed E-state index contributed by atoms with van der Waals surface area (Å²) in [5.74, 6) is -0.493. The number of ketones is 1. The van der Waals surface area contributed by atoms with Gasteiger partial charge in [-0.05, 0) is 74.3 Å². The van der Waals surface area contributed by atoms with Crippen molar-refractivity contribution in [2.24, 2.45) is 39.8 Å². The number of Topliss-reactive ketones (excluding diaryl/α,β-unsaturated/α-hetero) is 1. The Kier molecular flexibility index (Phi) is 9.37. The molecule has 0 unspecified atom stereocenters. The van der Waals surface area contributed by atoms with Crippen LogP contribution in [-0.4, -0.2) is 59.0 Å². The molecular weight excluding hydrogens is 527 g/mol. The minimum atomic E-state index is -0.787. The van der Waals surface area contributed by atoms with Gasteiger partial charge in [0.25, 0.3) is 5.96 Å². The van der Waals surface area contributed by atoms with E-state index in [-0.39, 0.29) is 54.0 Å². The minimum Gasteiger partial charge on any atom is -0.404 e. The maximum Gasteiger partial charge on any atom is 0.481 e. The van der Waals surface area contributed by atoms with Crippen molar-refractivity contribution in [2.45, 2.75) is 90.8 Å². The Morgan fingerprint density at radius 2 is 2.07 bits per heavy atom. The van der Waals surface area contributed by atoms with Crippen LogP contribution in [0.5, 0.6) is 0 Å². The van der Waals surface area contributed by atoms with Crippen molar-refractivity contribution in [1.82, 2.24) is 15.7 Å². The van der Waals surface area contributed by atoms with Crippen LogP contribution in [0.3, 0.4) is 0 Å². The lowest BCUT2D eigenvalue weighted by atomic mass is 9.43. The van der Waals surface area contributed by atoms with E-state index in [4.69, 9.17) is 15.0 Å². The molecule has 1 saturated heterocycles. The highest BCUT2D eigenvalue weighted by atomic mass is 16.7. The summed E-state index contributed by atoms with van der Waals surface area (Å²) >= 11 is 0. The Bertz CT molecular complexity index is 1150. The quantitative estimate of drug-likeness (QED) is 0.0613. The fraction of sp³-hybridized carbons (Fsp3) is 0.714. The zero-order chi connectivity index (χ0) is 29.9. The van der Waals surface area contributed by atoms with Crippen molar-refractivity contribution in [3.8, 4) is 0 Å². The van der Waals surface area contributed by atoms with Gasteiger partial charge in [-0.15, -0.1) is 0 Å². The van der Waals surface area contributed by atoms with Crippen molar-refractivity contribution in [3.63, 3.8) is 0 Å². The molecule has 224 valence electrons. The van der Waals surface area contributed by atoms with Gasteiger partial charge in [0.1, 0.15) is 0 Å². The van der Waals surface area contributed by atoms with Gasteiger partial charge in [-0.2, -0.15) is 0 Å². The van der Waals surface area contributed by atoms with Crippen molar-refractivity contribution in [2.75, 3.05) is 6.54 Å². The molecule has 6 atom stereocenters. The number of carbonyl (C=O) groups excluding carboxylic acids is 2. The summed E-state index contributed by atoms with van der Waals surface area (Å²) < 4.78 is 13.2. The number of guanidine groups is 1. The Morgan fingerprint density at radius 3 is 2.71 bits per heavy atom. The molecule has 13 heteroatoms. The molecule has 1 amide bonds. The zero-order valence-electron chi connectivity index (χ0n) is 24.7. The van der Waals surface area contributed by atoms with Crippen LogP contribution in [0, 0.1) is 39.2 Å². The molecule has 4 fully saturated rings. The second-order valence-corrected chi connectivity index (χ2v) is 12.9. The Labute approximate surface area is 241 Å². The molecule has 3 saturated carbocycles. The van der Waals surface area contributed by atoms with Gasteiger partial charge >= 0.3 is 7.12 Å². The number of carbonyl (C=O) groups is 2. The predicted octanol–water partition coefficient (Wildman–Crippen LogP) is 2.95. The van der Waals surface area contributed by atoms with E-state index < -0.39 is 23.7 Å². The standard InChI is InChI=1S/C28H43BN6O6/c1-17(2)12-24(29-40-23-15-20-14-22(27(20,3)4)28(23,5)41-29)33-25(37)18(8-7-11-32-26(30)34-35(38)39)13-21(36)19-9-6-10-31-16-19/h6,9-10,16-18,20,22-24H,7-8,11-15H2,1-5H3,(H,33,37)(H3,30,32,34)/t18-,20+,22+,23-,24+,28+/m1/s1. The van der Waals surface area contributed by atoms with Crippen molar-refractivity contribution < 1.29 is 23.9 Å². The number of nitrogens with two attached hydrogens (primary N) is 1. The molecule has 0 spiro atoms. The third-order valence-electron chi connectivity index (χ3n) is 9.34. The maximum atomic E-state index is 13.7. The number of hydrogen-bond acceptors (Lipinski definition) is 8. The van der Waals surface area contributed by atoms with Gasteiger partial charge in [0.05, 0.1) is 17.6 Å². The van der Waals surface area contributed by atoms with E-state index in [1.165, 1.54) is 6.20 Å². The van der Waals surface area contributed by atoms with Crippen LogP contribution in [0.2, 0.25) is 0 Å². The molecule has 0 radical (unpaired) electrons.